The molecule has 0 unspecified atom stereocenters. The van der Waals surface area contributed by atoms with Gasteiger partial charge in [-0.3, -0.25) is 9.59 Å². The maximum atomic E-state index is 13.2. The highest BCUT2D eigenvalue weighted by molar-refractivity contribution is 6.87. The van der Waals surface area contributed by atoms with Gasteiger partial charge < -0.3 is 11.1 Å². The molecular formula is C19H26F2N2O2Si. The van der Waals surface area contributed by atoms with Crippen LogP contribution >= 0.6 is 0 Å². The molecular weight excluding hydrogens is 354 g/mol. The fourth-order valence-corrected chi connectivity index (χ4v) is 2.78. The minimum atomic E-state index is -1.82. The van der Waals surface area contributed by atoms with Crippen LogP contribution in [-0.4, -0.2) is 25.9 Å². The van der Waals surface area contributed by atoms with Crippen LogP contribution in [0.25, 0.3) is 0 Å². The molecule has 7 heteroatoms. The summed E-state index contributed by atoms with van der Waals surface area (Å²) in [4.78, 5) is 23.6. The van der Waals surface area contributed by atoms with E-state index in [0.717, 1.165) is 12.1 Å². The van der Waals surface area contributed by atoms with Crippen molar-refractivity contribution >= 4 is 19.9 Å². The molecule has 1 rings (SSSR count). The first-order valence-electron chi connectivity index (χ1n) is 8.36. The number of nitrogens with two attached hydrogens (primary N) is 1. The summed E-state index contributed by atoms with van der Waals surface area (Å²) in [6.07, 6.45) is -0.0675. The van der Waals surface area contributed by atoms with E-state index in [1.54, 1.807) is 0 Å². The number of nitrogens with one attached hydrogen (secondary N) is 1. The Morgan fingerprint density at radius 2 is 1.85 bits per heavy atom. The minimum absolute atomic E-state index is 0.0815. The van der Waals surface area contributed by atoms with Crippen LogP contribution in [0.5, 0.6) is 0 Å². The van der Waals surface area contributed by atoms with Gasteiger partial charge in [0.15, 0.2) is 11.6 Å². The van der Waals surface area contributed by atoms with Gasteiger partial charge in [0.25, 0.3) is 0 Å². The molecule has 0 saturated heterocycles. The Kier molecular flexibility index (Phi) is 7.10. The molecule has 1 aromatic rings. The van der Waals surface area contributed by atoms with Gasteiger partial charge in [0.2, 0.25) is 11.8 Å². The molecule has 0 saturated carbocycles. The summed E-state index contributed by atoms with van der Waals surface area (Å²) in [5, 5.41) is 2.59. The largest absolute Gasteiger partial charge is 0.368 e. The summed E-state index contributed by atoms with van der Waals surface area (Å²) in [6.45, 7) is 10.7. The van der Waals surface area contributed by atoms with Crippen LogP contribution in [0.15, 0.2) is 18.2 Å². The van der Waals surface area contributed by atoms with Crippen LogP contribution in [-0.2, 0) is 16.0 Å². The van der Waals surface area contributed by atoms with Crippen LogP contribution in [0.3, 0.4) is 0 Å². The van der Waals surface area contributed by atoms with Crippen molar-refractivity contribution in [3.63, 3.8) is 0 Å². The van der Waals surface area contributed by atoms with Crippen molar-refractivity contribution in [2.45, 2.75) is 57.8 Å². The lowest BCUT2D eigenvalue weighted by Crippen LogP contribution is -2.45. The number of rotatable bonds is 5. The SMILES string of the molecule is CC(C)(C)[Si](C)(C)C#CC[C@H](NC(=O)Cc1ccc(F)c(F)c1)C(N)=O. The molecule has 0 fully saturated rings. The van der Waals surface area contributed by atoms with Crippen molar-refractivity contribution in [1.29, 1.82) is 0 Å². The summed E-state index contributed by atoms with van der Waals surface area (Å²) in [5.41, 5.74) is 8.90. The molecule has 0 heterocycles. The highest BCUT2D eigenvalue weighted by Crippen LogP contribution is 2.35. The predicted octanol–water partition coefficient (Wildman–Crippen LogP) is 2.92. The van der Waals surface area contributed by atoms with Gasteiger partial charge in [-0.2, -0.15) is 0 Å². The van der Waals surface area contributed by atoms with Crippen LogP contribution in [0.1, 0.15) is 32.8 Å². The fraction of sp³-hybridized carbons (Fsp3) is 0.474. The van der Waals surface area contributed by atoms with E-state index in [2.05, 4.69) is 50.6 Å². The summed E-state index contributed by atoms with van der Waals surface area (Å²) >= 11 is 0. The Bertz CT molecular complexity index is 746. The molecule has 1 atom stereocenters. The summed E-state index contributed by atoms with van der Waals surface area (Å²) < 4.78 is 26.1. The smallest absolute Gasteiger partial charge is 0.240 e. The number of carbonyl (C=O) groups excluding carboxylic acids is 2. The molecule has 0 aliphatic carbocycles. The Morgan fingerprint density at radius 1 is 1.23 bits per heavy atom. The number of halogens is 2. The Hall–Kier alpha value is -2.20. The maximum Gasteiger partial charge on any atom is 0.240 e. The van der Waals surface area contributed by atoms with E-state index in [1.807, 2.05) is 0 Å². The van der Waals surface area contributed by atoms with Gasteiger partial charge in [0.05, 0.1) is 6.42 Å². The summed E-state index contributed by atoms with van der Waals surface area (Å²) in [6, 6.07) is 2.29. The van der Waals surface area contributed by atoms with Crippen molar-refractivity contribution in [2.75, 3.05) is 0 Å². The molecule has 0 aliphatic rings. The maximum absolute atomic E-state index is 13.2. The second-order valence-electron chi connectivity index (χ2n) is 7.83. The molecule has 0 aromatic heterocycles. The highest BCUT2D eigenvalue weighted by atomic mass is 28.3. The van der Waals surface area contributed by atoms with Crippen molar-refractivity contribution in [1.82, 2.24) is 5.32 Å². The van der Waals surface area contributed by atoms with Gasteiger partial charge in [0.1, 0.15) is 14.1 Å². The number of benzene rings is 1. The summed E-state index contributed by atoms with van der Waals surface area (Å²) in [7, 11) is -1.82. The Morgan fingerprint density at radius 3 is 2.35 bits per heavy atom. The average Bonchev–Trinajstić information content (AvgIpc) is 2.48. The van der Waals surface area contributed by atoms with Crippen molar-refractivity contribution in [3.05, 3.63) is 35.4 Å². The van der Waals surface area contributed by atoms with E-state index in [-0.39, 0.29) is 17.9 Å². The van der Waals surface area contributed by atoms with Crippen LogP contribution < -0.4 is 11.1 Å². The van der Waals surface area contributed by atoms with Gasteiger partial charge in [-0.1, -0.05) is 39.9 Å². The van der Waals surface area contributed by atoms with Crippen LogP contribution in [0, 0.1) is 23.1 Å². The van der Waals surface area contributed by atoms with Crippen LogP contribution in [0.2, 0.25) is 18.1 Å². The molecule has 1 aromatic carbocycles. The van der Waals surface area contributed by atoms with Gasteiger partial charge >= 0.3 is 0 Å². The third-order valence-corrected chi connectivity index (χ3v) is 9.16. The van der Waals surface area contributed by atoms with E-state index < -0.39 is 37.6 Å². The Labute approximate surface area is 154 Å². The zero-order valence-corrected chi connectivity index (χ0v) is 16.9. The van der Waals surface area contributed by atoms with E-state index in [9.17, 15) is 18.4 Å². The normalized spacial score (nSPS) is 12.7. The number of carbonyl (C=O) groups is 2. The molecule has 142 valence electrons. The van der Waals surface area contributed by atoms with Crippen molar-refractivity contribution < 1.29 is 18.4 Å². The molecule has 0 spiro atoms. The van der Waals surface area contributed by atoms with Crippen molar-refractivity contribution in [2.24, 2.45) is 5.73 Å². The zero-order valence-electron chi connectivity index (χ0n) is 15.9. The molecule has 4 nitrogen and oxygen atoms in total. The molecule has 3 N–H and O–H groups in total. The molecule has 0 aliphatic heterocycles. The lowest BCUT2D eigenvalue weighted by Gasteiger charge is -2.31. The minimum Gasteiger partial charge on any atom is -0.368 e. The first-order valence-corrected chi connectivity index (χ1v) is 11.4. The Balaban J connectivity index is 2.75. The van der Waals surface area contributed by atoms with Crippen molar-refractivity contribution in [3.8, 4) is 11.5 Å². The predicted molar refractivity (Wildman–Crippen MR) is 101 cm³/mol. The van der Waals surface area contributed by atoms with Gasteiger partial charge in [-0.05, 0) is 22.7 Å². The first-order chi connectivity index (χ1) is 11.8. The van der Waals surface area contributed by atoms with E-state index in [4.69, 9.17) is 5.73 Å². The fourth-order valence-electron chi connectivity index (χ4n) is 1.86. The van der Waals surface area contributed by atoms with E-state index in [1.165, 1.54) is 6.07 Å². The number of amides is 2. The number of primary amides is 1. The van der Waals surface area contributed by atoms with E-state index >= 15 is 0 Å². The lowest BCUT2D eigenvalue weighted by molar-refractivity contribution is -0.126. The van der Waals surface area contributed by atoms with Gasteiger partial charge in [-0.15, -0.1) is 11.5 Å². The summed E-state index contributed by atoms with van der Waals surface area (Å²) in [5.74, 6) is -0.214. The number of hydrogen-bond donors (Lipinski definition) is 2. The van der Waals surface area contributed by atoms with Gasteiger partial charge in [-0.25, -0.2) is 8.78 Å². The zero-order chi connectivity index (χ0) is 20.1. The third kappa shape index (κ3) is 6.26. The average molecular weight is 381 g/mol. The molecule has 0 radical (unpaired) electrons. The quantitative estimate of drug-likeness (QED) is 0.609. The van der Waals surface area contributed by atoms with E-state index in [0.29, 0.717) is 5.56 Å². The number of hydrogen-bond acceptors (Lipinski definition) is 2. The highest BCUT2D eigenvalue weighted by Gasteiger charge is 2.33. The topological polar surface area (TPSA) is 72.2 Å². The molecule has 26 heavy (non-hydrogen) atoms. The standard InChI is InChI=1S/C19H26F2N2O2Si/c1-19(2,3)26(4,5)10-6-7-16(18(22)25)23-17(24)12-13-8-9-14(20)15(21)11-13/h8-9,11,16H,7,12H2,1-5H3,(H2,22,25)(H,23,24)/t16-/m0/s1. The second kappa shape index (κ2) is 8.45. The monoisotopic (exact) mass is 380 g/mol. The second-order valence-corrected chi connectivity index (χ2v) is 12.8. The van der Waals surface area contributed by atoms with Gasteiger partial charge in [0, 0.05) is 6.42 Å². The third-order valence-electron chi connectivity index (χ3n) is 4.61. The lowest BCUT2D eigenvalue weighted by atomic mass is 10.1. The first kappa shape index (κ1) is 21.8. The molecule has 2 amide bonds. The molecule has 0 bridgehead atoms. The van der Waals surface area contributed by atoms with Crippen LogP contribution in [0.4, 0.5) is 8.78 Å².